The molecule has 0 spiro atoms. The van der Waals surface area contributed by atoms with Gasteiger partial charge >= 0.3 is 0 Å². The number of benzene rings is 1. The molecule has 7 nitrogen and oxygen atoms in total. The topological polar surface area (TPSA) is 88.4 Å². The number of carbonyl (C=O) groups is 1. The lowest BCUT2D eigenvalue weighted by Gasteiger charge is -2.14. The molecule has 1 fully saturated rings. The first-order valence-corrected chi connectivity index (χ1v) is 8.99. The van der Waals surface area contributed by atoms with Crippen LogP contribution in [-0.4, -0.2) is 53.1 Å². The Balaban J connectivity index is 1.76. The quantitative estimate of drug-likeness (QED) is 0.693. The molecule has 0 bridgehead atoms. The predicted molar refractivity (Wildman–Crippen MR) is 98.6 cm³/mol. The van der Waals surface area contributed by atoms with E-state index in [9.17, 15) is 9.90 Å². The zero-order valence-corrected chi connectivity index (χ0v) is 15.2. The van der Waals surface area contributed by atoms with Crippen molar-refractivity contribution < 1.29 is 14.6 Å². The molecule has 2 atom stereocenters. The number of ether oxygens (including phenoxy) is 1. The smallest absolute Gasteiger partial charge is 0.275 e. The highest BCUT2D eigenvalue weighted by molar-refractivity contribution is 5.95. The van der Waals surface area contributed by atoms with Crippen LogP contribution in [0.15, 0.2) is 36.5 Å². The number of amides is 1. The van der Waals surface area contributed by atoms with E-state index in [1.165, 1.54) is 0 Å². The molecular weight excluding hydrogens is 332 g/mol. The van der Waals surface area contributed by atoms with Gasteiger partial charge in [-0.05, 0) is 18.1 Å². The Kier molecular flexibility index (Phi) is 5.90. The van der Waals surface area contributed by atoms with Crippen LogP contribution < -0.4 is 15.4 Å². The van der Waals surface area contributed by atoms with E-state index < -0.39 is 6.10 Å². The number of hydrogen-bond acceptors (Lipinski definition) is 5. The van der Waals surface area contributed by atoms with Gasteiger partial charge in [0.05, 0.1) is 24.6 Å². The first-order chi connectivity index (χ1) is 12.5. The summed E-state index contributed by atoms with van der Waals surface area (Å²) in [6, 6.07) is 9.60. The van der Waals surface area contributed by atoms with Gasteiger partial charge in [0.2, 0.25) is 0 Å². The third kappa shape index (κ3) is 4.42. The van der Waals surface area contributed by atoms with Crippen LogP contribution in [0.1, 0.15) is 24.3 Å². The van der Waals surface area contributed by atoms with Crippen LogP contribution in [-0.2, 0) is 0 Å². The second-order valence-electron chi connectivity index (χ2n) is 7.02. The summed E-state index contributed by atoms with van der Waals surface area (Å²) in [5, 5.41) is 20.3. The van der Waals surface area contributed by atoms with Crippen molar-refractivity contribution in [1.29, 1.82) is 0 Å². The summed E-state index contributed by atoms with van der Waals surface area (Å²) in [4.78, 5) is 12.6. The average Bonchev–Trinajstić information content (AvgIpc) is 3.25. The fraction of sp³-hybridized carbons (Fsp3) is 0.474. The average molecular weight is 358 g/mol. The molecule has 2 heterocycles. The summed E-state index contributed by atoms with van der Waals surface area (Å²) in [5.41, 5.74) is 1.12. The summed E-state index contributed by atoms with van der Waals surface area (Å²) in [5.74, 6) is 0.517. The third-order valence-corrected chi connectivity index (χ3v) is 4.32. The van der Waals surface area contributed by atoms with Crippen molar-refractivity contribution >= 4 is 5.91 Å². The molecule has 1 aliphatic rings. The Hall–Kier alpha value is -2.38. The molecule has 1 amide bonds. The molecule has 1 aromatic heterocycles. The Morgan fingerprint density at radius 2 is 2.15 bits per heavy atom. The van der Waals surface area contributed by atoms with Crippen molar-refractivity contribution in [2.24, 2.45) is 11.8 Å². The zero-order chi connectivity index (χ0) is 18.5. The lowest BCUT2D eigenvalue weighted by Crippen LogP contribution is -2.34. The van der Waals surface area contributed by atoms with Gasteiger partial charge in [-0.2, -0.15) is 5.10 Å². The second-order valence-corrected chi connectivity index (χ2v) is 7.02. The largest absolute Gasteiger partial charge is 0.489 e. The zero-order valence-electron chi connectivity index (χ0n) is 15.2. The minimum atomic E-state index is -0.436. The van der Waals surface area contributed by atoms with Gasteiger partial charge in [-0.3, -0.25) is 4.79 Å². The van der Waals surface area contributed by atoms with Gasteiger partial charge in [0.15, 0.2) is 11.4 Å². The van der Waals surface area contributed by atoms with E-state index in [1.54, 1.807) is 10.9 Å². The predicted octanol–water partition coefficient (Wildman–Crippen LogP) is 1.22. The molecule has 1 saturated heterocycles. The van der Waals surface area contributed by atoms with E-state index >= 15 is 0 Å². The van der Waals surface area contributed by atoms with E-state index in [0.717, 1.165) is 5.69 Å². The molecular formula is C19H26N4O3. The standard InChI is InChI=1S/C19H26N4O3/c1-13(2)12-26-17-11-23(15-6-4-3-5-7-15)22-18(17)19(25)21-9-14-8-20-10-16(14)24/h3-7,11,13-14,16,20,24H,8-10,12H2,1-2H3,(H,21,25). The molecule has 140 valence electrons. The van der Waals surface area contributed by atoms with Crippen LogP contribution >= 0.6 is 0 Å². The first-order valence-electron chi connectivity index (χ1n) is 8.99. The highest BCUT2D eigenvalue weighted by atomic mass is 16.5. The normalized spacial score (nSPS) is 19.7. The van der Waals surface area contributed by atoms with Crippen molar-refractivity contribution in [2.45, 2.75) is 20.0 Å². The Bertz CT molecular complexity index is 730. The molecule has 0 aliphatic carbocycles. The number of hydrogen-bond donors (Lipinski definition) is 3. The van der Waals surface area contributed by atoms with Crippen LogP contribution in [0.2, 0.25) is 0 Å². The van der Waals surface area contributed by atoms with Gasteiger partial charge < -0.3 is 20.5 Å². The molecule has 26 heavy (non-hydrogen) atoms. The van der Waals surface area contributed by atoms with E-state index in [4.69, 9.17) is 4.74 Å². The van der Waals surface area contributed by atoms with E-state index in [0.29, 0.717) is 37.9 Å². The van der Waals surface area contributed by atoms with Crippen LogP contribution in [0, 0.1) is 11.8 Å². The SMILES string of the molecule is CC(C)COc1cn(-c2ccccc2)nc1C(=O)NCC1CNCC1O. The van der Waals surface area contributed by atoms with Crippen molar-refractivity contribution in [3.05, 3.63) is 42.2 Å². The summed E-state index contributed by atoms with van der Waals surface area (Å²) in [6.45, 7) is 6.26. The number of rotatable bonds is 7. The van der Waals surface area contributed by atoms with Gasteiger partial charge in [0.25, 0.3) is 5.91 Å². The van der Waals surface area contributed by atoms with E-state index in [2.05, 4.69) is 29.6 Å². The summed E-state index contributed by atoms with van der Waals surface area (Å²) >= 11 is 0. The van der Waals surface area contributed by atoms with Gasteiger partial charge in [-0.15, -0.1) is 0 Å². The molecule has 2 unspecified atom stereocenters. The fourth-order valence-electron chi connectivity index (χ4n) is 2.83. The van der Waals surface area contributed by atoms with Crippen LogP contribution in [0.4, 0.5) is 0 Å². The second kappa shape index (κ2) is 8.33. The summed E-state index contributed by atoms with van der Waals surface area (Å²) in [6.07, 6.45) is 1.30. The third-order valence-electron chi connectivity index (χ3n) is 4.32. The Morgan fingerprint density at radius 1 is 1.38 bits per heavy atom. The van der Waals surface area contributed by atoms with Crippen molar-refractivity contribution in [2.75, 3.05) is 26.2 Å². The maximum atomic E-state index is 12.6. The molecule has 0 saturated carbocycles. The minimum absolute atomic E-state index is 0.00944. The van der Waals surface area contributed by atoms with Gasteiger partial charge in [0.1, 0.15) is 0 Å². The van der Waals surface area contributed by atoms with Gasteiger partial charge in [0, 0.05) is 25.6 Å². The van der Waals surface area contributed by atoms with Crippen molar-refractivity contribution in [1.82, 2.24) is 20.4 Å². The minimum Gasteiger partial charge on any atom is -0.489 e. The number of carbonyl (C=O) groups excluding carboxylic acids is 1. The highest BCUT2D eigenvalue weighted by Gasteiger charge is 2.26. The van der Waals surface area contributed by atoms with Gasteiger partial charge in [-0.25, -0.2) is 4.68 Å². The van der Waals surface area contributed by atoms with Crippen molar-refractivity contribution in [3.8, 4) is 11.4 Å². The summed E-state index contributed by atoms with van der Waals surface area (Å²) < 4.78 is 7.46. The number of aromatic nitrogens is 2. The number of aliphatic hydroxyl groups is 1. The lowest BCUT2D eigenvalue weighted by molar-refractivity contribution is 0.0917. The maximum absolute atomic E-state index is 12.6. The maximum Gasteiger partial charge on any atom is 0.275 e. The van der Waals surface area contributed by atoms with E-state index in [-0.39, 0.29) is 17.5 Å². The van der Waals surface area contributed by atoms with Crippen LogP contribution in [0.3, 0.4) is 0 Å². The molecule has 3 N–H and O–H groups in total. The summed E-state index contributed by atoms with van der Waals surface area (Å²) in [7, 11) is 0. The first kappa shape index (κ1) is 18.4. The Labute approximate surface area is 153 Å². The molecule has 3 rings (SSSR count). The van der Waals surface area contributed by atoms with Gasteiger partial charge in [-0.1, -0.05) is 32.0 Å². The highest BCUT2D eigenvalue weighted by Crippen LogP contribution is 2.21. The number of nitrogens with zero attached hydrogens (tertiary/aromatic N) is 2. The Morgan fingerprint density at radius 3 is 2.81 bits per heavy atom. The number of β-amino-alcohol motifs (C(OH)–C–C–N with tert-alkyl or cyclic N) is 1. The monoisotopic (exact) mass is 358 g/mol. The molecule has 7 heteroatoms. The van der Waals surface area contributed by atoms with E-state index in [1.807, 2.05) is 30.3 Å². The van der Waals surface area contributed by atoms with Crippen molar-refractivity contribution in [3.63, 3.8) is 0 Å². The van der Waals surface area contributed by atoms with Crippen LogP contribution in [0.5, 0.6) is 5.75 Å². The fourth-order valence-corrected chi connectivity index (χ4v) is 2.83. The number of para-hydroxylation sites is 1. The lowest BCUT2D eigenvalue weighted by atomic mass is 10.1. The van der Waals surface area contributed by atoms with Crippen LogP contribution in [0.25, 0.3) is 5.69 Å². The molecule has 1 aromatic carbocycles. The molecule has 2 aromatic rings. The number of nitrogens with one attached hydrogen (secondary N) is 2. The number of aliphatic hydroxyl groups excluding tert-OH is 1. The molecule has 0 radical (unpaired) electrons. The molecule has 1 aliphatic heterocycles.